The lowest BCUT2D eigenvalue weighted by Gasteiger charge is -2.36. The molecule has 184 valence electrons. The molecule has 0 saturated carbocycles. The lowest BCUT2D eigenvalue weighted by Crippen LogP contribution is -2.49. The molecule has 2 aliphatic heterocycles. The molecule has 0 spiro atoms. The number of hydrogen-bond acceptors (Lipinski definition) is 6. The maximum absolute atomic E-state index is 12.5. The number of fused-ring (bicyclic) bond motifs is 1. The molecule has 1 N–H and O–H groups in total. The molecule has 4 amide bonds. The van der Waals surface area contributed by atoms with Gasteiger partial charge in [0.2, 0.25) is 5.91 Å². The summed E-state index contributed by atoms with van der Waals surface area (Å²) >= 11 is 0. The molecule has 1 aromatic carbocycles. The van der Waals surface area contributed by atoms with Gasteiger partial charge in [0.1, 0.15) is 18.4 Å². The first-order valence-corrected chi connectivity index (χ1v) is 11.8. The van der Waals surface area contributed by atoms with Crippen LogP contribution < -0.4 is 10.2 Å². The van der Waals surface area contributed by atoms with Crippen LogP contribution in [0.25, 0.3) is 10.8 Å². The minimum atomic E-state index is -0.557. The van der Waals surface area contributed by atoms with Gasteiger partial charge in [-0.2, -0.15) is 0 Å². The van der Waals surface area contributed by atoms with Crippen molar-refractivity contribution in [3.8, 4) is 11.8 Å². The lowest BCUT2D eigenvalue weighted by molar-refractivity contribution is -0.120. The predicted molar refractivity (Wildman–Crippen MR) is 131 cm³/mol. The van der Waals surface area contributed by atoms with Gasteiger partial charge in [-0.3, -0.25) is 24.9 Å². The van der Waals surface area contributed by atoms with E-state index in [2.05, 4.69) is 22.1 Å². The van der Waals surface area contributed by atoms with E-state index in [9.17, 15) is 14.4 Å². The maximum atomic E-state index is 12.5. The predicted octanol–water partition coefficient (Wildman–Crippen LogP) is 3.80. The smallest absolute Gasteiger partial charge is 0.412 e. The number of ether oxygens (including phenoxy) is 2. The second-order valence-corrected chi connectivity index (χ2v) is 9.59. The van der Waals surface area contributed by atoms with E-state index in [1.807, 2.05) is 39.0 Å². The van der Waals surface area contributed by atoms with Crippen LogP contribution in [0.4, 0.5) is 15.3 Å². The molecule has 2 fully saturated rings. The van der Waals surface area contributed by atoms with E-state index in [0.717, 1.165) is 35.6 Å². The fraction of sp³-hybridized carbons (Fsp3) is 0.462. The Morgan fingerprint density at radius 1 is 1.20 bits per heavy atom. The van der Waals surface area contributed by atoms with E-state index in [-0.39, 0.29) is 31.3 Å². The topological polar surface area (TPSA) is 101 Å². The van der Waals surface area contributed by atoms with Gasteiger partial charge in [0, 0.05) is 42.0 Å². The van der Waals surface area contributed by atoms with Crippen molar-refractivity contribution < 1.29 is 23.9 Å². The largest absolute Gasteiger partial charge is 0.444 e. The molecule has 0 aliphatic carbocycles. The van der Waals surface area contributed by atoms with Gasteiger partial charge in [-0.05, 0) is 52.2 Å². The third kappa shape index (κ3) is 6.08. The average Bonchev–Trinajstić information content (AvgIpc) is 2.80. The van der Waals surface area contributed by atoms with Crippen molar-refractivity contribution in [3.63, 3.8) is 0 Å². The molecule has 9 heteroatoms. The summed E-state index contributed by atoms with van der Waals surface area (Å²) in [5.74, 6) is 5.85. The summed E-state index contributed by atoms with van der Waals surface area (Å²) in [7, 11) is 0. The van der Waals surface area contributed by atoms with E-state index in [1.165, 1.54) is 4.90 Å². The summed E-state index contributed by atoms with van der Waals surface area (Å²) < 4.78 is 11.4. The molecule has 0 radical (unpaired) electrons. The molecule has 1 atom stereocenters. The highest BCUT2D eigenvalue weighted by molar-refractivity contribution is 6.09. The molecule has 2 aromatic rings. The zero-order chi connectivity index (χ0) is 25.0. The highest BCUT2D eigenvalue weighted by Crippen LogP contribution is 2.27. The van der Waals surface area contributed by atoms with Crippen molar-refractivity contribution >= 4 is 34.5 Å². The van der Waals surface area contributed by atoms with Crippen LogP contribution in [0.5, 0.6) is 0 Å². The molecule has 1 aromatic heterocycles. The Balaban J connectivity index is 1.42. The first kappa shape index (κ1) is 24.5. The third-order valence-electron chi connectivity index (χ3n) is 5.74. The summed E-state index contributed by atoms with van der Waals surface area (Å²) in [4.78, 5) is 43.7. The van der Waals surface area contributed by atoms with Crippen molar-refractivity contribution in [2.45, 2.75) is 58.3 Å². The van der Waals surface area contributed by atoms with Gasteiger partial charge in [-0.25, -0.2) is 9.59 Å². The zero-order valence-corrected chi connectivity index (χ0v) is 20.3. The van der Waals surface area contributed by atoms with Gasteiger partial charge in [0.05, 0.1) is 11.9 Å². The third-order valence-corrected chi connectivity index (χ3v) is 5.74. The second-order valence-electron chi connectivity index (χ2n) is 9.59. The number of piperidine rings is 1. The first-order chi connectivity index (χ1) is 16.7. The average molecular weight is 479 g/mol. The van der Waals surface area contributed by atoms with Crippen molar-refractivity contribution in [1.82, 2.24) is 15.2 Å². The minimum absolute atomic E-state index is 0.183. The van der Waals surface area contributed by atoms with Gasteiger partial charge in [-0.1, -0.05) is 17.9 Å². The number of rotatable bonds is 3. The quantitative estimate of drug-likeness (QED) is 0.674. The van der Waals surface area contributed by atoms with Gasteiger partial charge >= 0.3 is 12.1 Å². The number of carbonyl (C=O) groups excluding carboxylic acids is 3. The fourth-order valence-corrected chi connectivity index (χ4v) is 4.13. The van der Waals surface area contributed by atoms with Gasteiger partial charge in [0.15, 0.2) is 0 Å². The van der Waals surface area contributed by atoms with E-state index >= 15 is 0 Å². The highest BCUT2D eigenvalue weighted by atomic mass is 16.6. The number of likely N-dealkylation sites (tertiary alicyclic amines) is 1. The number of nitrogens with one attached hydrogen (secondary N) is 1. The highest BCUT2D eigenvalue weighted by Gasteiger charge is 2.31. The SMILES string of the molecule is CC(C)(C)OC(=O)N1CCCCC1OCC#Cc1ccc2c(N3CCC(=O)NC3=O)cncc2c1. The number of anilines is 1. The number of pyridine rings is 1. The van der Waals surface area contributed by atoms with Gasteiger partial charge in [-0.15, -0.1) is 0 Å². The lowest BCUT2D eigenvalue weighted by atomic mass is 10.1. The van der Waals surface area contributed by atoms with Crippen molar-refractivity contribution in [3.05, 3.63) is 36.2 Å². The summed E-state index contributed by atoms with van der Waals surface area (Å²) in [5, 5.41) is 4.02. The van der Waals surface area contributed by atoms with E-state index in [1.54, 1.807) is 17.3 Å². The Morgan fingerprint density at radius 3 is 2.80 bits per heavy atom. The molecular formula is C26H30N4O5. The van der Waals surface area contributed by atoms with E-state index < -0.39 is 11.6 Å². The number of urea groups is 1. The number of carbonyl (C=O) groups is 3. The normalized spacial score (nSPS) is 18.7. The van der Waals surface area contributed by atoms with E-state index in [0.29, 0.717) is 18.8 Å². The molecule has 35 heavy (non-hydrogen) atoms. The summed E-state index contributed by atoms with van der Waals surface area (Å²) in [6.07, 6.45) is 5.54. The second kappa shape index (κ2) is 10.3. The van der Waals surface area contributed by atoms with Crippen LogP contribution in [0, 0.1) is 11.8 Å². The standard InChI is InChI=1S/C26H30N4O5/c1-26(2,3)35-25(33)30-12-5-4-8-23(30)34-14-6-7-18-9-10-20-19(15-18)16-27-17-21(20)29-13-11-22(31)28-24(29)32/h9-10,15-17,23H,4-5,8,11-14H2,1-3H3,(H,28,31,32). The van der Waals surface area contributed by atoms with Crippen LogP contribution in [-0.4, -0.2) is 59.4 Å². The van der Waals surface area contributed by atoms with Gasteiger partial charge < -0.3 is 9.47 Å². The molecule has 9 nitrogen and oxygen atoms in total. The van der Waals surface area contributed by atoms with Gasteiger partial charge in [0.25, 0.3) is 0 Å². The van der Waals surface area contributed by atoms with Crippen LogP contribution >= 0.6 is 0 Å². The Kier molecular flexibility index (Phi) is 7.22. The fourth-order valence-electron chi connectivity index (χ4n) is 4.13. The number of hydrogen-bond donors (Lipinski definition) is 1. The monoisotopic (exact) mass is 478 g/mol. The number of aromatic nitrogens is 1. The van der Waals surface area contributed by atoms with Crippen LogP contribution in [-0.2, 0) is 14.3 Å². The number of amides is 4. The molecule has 2 aliphatic rings. The minimum Gasteiger partial charge on any atom is -0.444 e. The molecule has 4 rings (SSSR count). The maximum Gasteiger partial charge on any atom is 0.412 e. The van der Waals surface area contributed by atoms with E-state index in [4.69, 9.17) is 9.47 Å². The molecular weight excluding hydrogens is 448 g/mol. The number of imide groups is 1. The Bertz CT molecular complexity index is 1190. The van der Waals surface area contributed by atoms with Crippen molar-refractivity contribution in [1.29, 1.82) is 0 Å². The molecule has 3 heterocycles. The molecule has 2 saturated heterocycles. The summed E-state index contributed by atoms with van der Waals surface area (Å²) in [6, 6.07) is 5.23. The van der Waals surface area contributed by atoms with Crippen molar-refractivity contribution in [2.24, 2.45) is 0 Å². The van der Waals surface area contributed by atoms with Crippen molar-refractivity contribution in [2.75, 3.05) is 24.6 Å². The summed E-state index contributed by atoms with van der Waals surface area (Å²) in [6.45, 7) is 6.64. The van der Waals surface area contributed by atoms with Crippen LogP contribution in [0.1, 0.15) is 52.0 Å². The van der Waals surface area contributed by atoms with Crippen LogP contribution in [0.2, 0.25) is 0 Å². The first-order valence-electron chi connectivity index (χ1n) is 11.8. The number of benzene rings is 1. The summed E-state index contributed by atoms with van der Waals surface area (Å²) in [5.41, 5.74) is 0.875. The molecule has 0 bridgehead atoms. The Morgan fingerprint density at radius 2 is 2.03 bits per heavy atom. The van der Waals surface area contributed by atoms with Crippen LogP contribution in [0.15, 0.2) is 30.6 Å². The van der Waals surface area contributed by atoms with Crippen LogP contribution in [0.3, 0.4) is 0 Å². The zero-order valence-electron chi connectivity index (χ0n) is 20.3. The Labute approximate surface area is 204 Å². The number of nitrogens with zero attached hydrogens (tertiary/aromatic N) is 3. The molecule has 1 unspecified atom stereocenters. The Hall–Kier alpha value is -3.64.